The second-order valence-electron chi connectivity index (χ2n) is 10.9. The number of aliphatic hydroxyl groups excluding tert-OH is 1. The first kappa shape index (κ1) is 29.5. The summed E-state index contributed by atoms with van der Waals surface area (Å²) in [4.78, 5) is 54.1. The number of nitrogens with zero attached hydrogens (tertiary/aromatic N) is 6. The van der Waals surface area contributed by atoms with E-state index in [1.165, 1.54) is 6.92 Å². The number of hydrogen-bond donors (Lipinski definition) is 2. The number of halogens is 1. The maximum absolute atomic E-state index is 13.7. The van der Waals surface area contributed by atoms with Gasteiger partial charge in [0.25, 0.3) is 0 Å². The summed E-state index contributed by atoms with van der Waals surface area (Å²) in [7, 11) is 0. The molecule has 42 heavy (non-hydrogen) atoms. The van der Waals surface area contributed by atoms with E-state index in [4.69, 9.17) is 0 Å². The van der Waals surface area contributed by atoms with Gasteiger partial charge in [0.05, 0.1) is 5.52 Å². The van der Waals surface area contributed by atoms with E-state index in [0.29, 0.717) is 40.1 Å². The molecule has 4 heterocycles. The number of rotatable bonds is 7. The van der Waals surface area contributed by atoms with Gasteiger partial charge >= 0.3 is 0 Å². The molecule has 11 nitrogen and oxygen atoms in total. The van der Waals surface area contributed by atoms with E-state index in [9.17, 15) is 19.5 Å². The van der Waals surface area contributed by atoms with Crippen LogP contribution in [-0.2, 0) is 16.1 Å². The predicted octanol–water partition coefficient (Wildman–Crippen LogP) is 4.40. The molecule has 1 aromatic carbocycles. The number of likely N-dealkylation sites (tertiary alicyclic amines) is 1. The van der Waals surface area contributed by atoms with Gasteiger partial charge in [0.2, 0.25) is 11.8 Å². The van der Waals surface area contributed by atoms with E-state index in [1.54, 1.807) is 35.0 Å². The smallest absolute Gasteiger partial charge is 0.248 e. The Morgan fingerprint density at radius 1 is 1.12 bits per heavy atom. The van der Waals surface area contributed by atoms with Crippen molar-refractivity contribution >= 4 is 50.2 Å². The first-order valence-corrected chi connectivity index (χ1v) is 14.5. The number of ketones is 1. The Labute approximate surface area is 251 Å². The van der Waals surface area contributed by atoms with Crippen LogP contribution in [0.3, 0.4) is 0 Å². The molecule has 3 atom stereocenters. The van der Waals surface area contributed by atoms with Gasteiger partial charge in [-0.25, -0.2) is 15.0 Å². The second-order valence-corrected chi connectivity index (χ2v) is 11.8. The number of aromatic nitrogens is 5. The summed E-state index contributed by atoms with van der Waals surface area (Å²) in [6.45, 7) is 9.11. The normalized spacial score (nSPS) is 17.5. The highest BCUT2D eigenvalue weighted by atomic mass is 79.9. The number of fused-ring (bicyclic) bond motifs is 1. The van der Waals surface area contributed by atoms with Gasteiger partial charge in [-0.1, -0.05) is 13.0 Å². The van der Waals surface area contributed by atoms with Gasteiger partial charge in [0.1, 0.15) is 34.8 Å². The fourth-order valence-corrected chi connectivity index (χ4v) is 5.70. The molecule has 2 N–H and O–H groups in total. The molecule has 1 aliphatic rings. The van der Waals surface area contributed by atoms with E-state index in [-0.39, 0.29) is 35.8 Å². The molecule has 3 unspecified atom stereocenters. The Morgan fingerprint density at radius 2 is 1.83 bits per heavy atom. The molecule has 1 fully saturated rings. The van der Waals surface area contributed by atoms with Crippen LogP contribution >= 0.6 is 15.9 Å². The first-order valence-electron chi connectivity index (χ1n) is 13.7. The maximum Gasteiger partial charge on any atom is 0.248 e. The van der Waals surface area contributed by atoms with Crippen molar-refractivity contribution in [3.63, 3.8) is 0 Å². The number of benzene rings is 1. The Bertz CT molecular complexity index is 1700. The molecule has 3 aromatic heterocycles. The highest BCUT2D eigenvalue weighted by molar-refractivity contribution is 9.10. The molecule has 0 radical (unpaired) electrons. The van der Waals surface area contributed by atoms with Gasteiger partial charge in [-0.05, 0) is 83.9 Å². The lowest BCUT2D eigenvalue weighted by Crippen LogP contribution is -2.44. The molecular formula is C30H32BrN7O4. The zero-order valence-corrected chi connectivity index (χ0v) is 25.6. The fraction of sp³-hybridized carbons (Fsp3) is 0.367. The molecular weight excluding hydrogens is 602 g/mol. The van der Waals surface area contributed by atoms with Crippen molar-refractivity contribution in [2.45, 2.75) is 59.7 Å². The van der Waals surface area contributed by atoms with E-state index in [1.807, 2.05) is 39.0 Å². The van der Waals surface area contributed by atoms with Crippen molar-refractivity contribution in [1.82, 2.24) is 29.6 Å². The van der Waals surface area contributed by atoms with Crippen molar-refractivity contribution in [3.8, 4) is 11.1 Å². The van der Waals surface area contributed by atoms with Crippen LogP contribution in [0.1, 0.15) is 60.7 Å². The molecule has 4 aromatic rings. The van der Waals surface area contributed by atoms with Crippen molar-refractivity contribution in [3.05, 3.63) is 63.9 Å². The Kier molecular flexibility index (Phi) is 8.20. The van der Waals surface area contributed by atoms with Gasteiger partial charge < -0.3 is 15.3 Å². The van der Waals surface area contributed by atoms with Crippen molar-refractivity contribution < 1.29 is 19.5 Å². The number of carbonyl (C=O) groups is 3. The van der Waals surface area contributed by atoms with E-state index < -0.39 is 12.1 Å². The molecule has 218 valence electrons. The van der Waals surface area contributed by atoms with Crippen LogP contribution in [0, 0.1) is 19.8 Å². The largest absolute Gasteiger partial charge is 0.385 e. The van der Waals surface area contributed by atoms with Crippen LogP contribution < -0.4 is 5.32 Å². The summed E-state index contributed by atoms with van der Waals surface area (Å²) in [6, 6.07) is 6.77. The number of hydrogen-bond acceptors (Lipinski definition) is 8. The Morgan fingerprint density at radius 3 is 2.50 bits per heavy atom. The highest BCUT2D eigenvalue weighted by Crippen LogP contribution is 2.31. The van der Waals surface area contributed by atoms with Crippen molar-refractivity contribution in [2.24, 2.45) is 5.92 Å². The number of pyridine rings is 1. The van der Waals surface area contributed by atoms with Crippen LogP contribution in [0.2, 0.25) is 0 Å². The summed E-state index contributed by atoms with van der Waals surface area (Å²) >= 11 is 3.34. The van der Waals surface area contributed by atoms with Gasteiger partial charge in [-0.15, -0.1) is 0 Å². The number of aryl methyl sites for hydroxylation is 2. The van der Waals surface area contributed by atoms with Gasteiger partial charge in [0, 0.05) is 36.8 Å². The average Bonchev–Trinajstić information content (AvgIpc) is 3.52. The number of Topliss-reactive ketones (excluding diaryl/α,β-unsaturated/α-hetero) is 1. The van der Waals surface area contributed by atoms with E-state index in [2.05, 4.69) is 41.3 Å². The van der Waals surface area contributed by atoms with Gasteiger partial charge in [-0.2, -0.15) is 5.10 Å². The quantitative estimate of drug-likeness (QED) is 0.225. The highest BCUT2D eigenvalue weighted by Gasteiger charge is 2.38. The minimum absolute atomic E-state index is 0.124. The van der Waals surface area contributed by atoms with Crippen LogP contribution in [0.25, 0.3) is 22.0 Å². The number of anilines is 1. The van der Waals surface area contributed by atoms with Crippen LogP contribution in [0.15, 0.2) is 41.3 Å². The summed E-state index contributed by atoms with van der Waals surface area (Å²) in [5.41, 5.74) is 4.06. The molecule has 12 heteroatoms. The third-order valence-corrected chi connectivity index (χ3v) is 7.91. The number of amides is 2. The molecule has 1 saturated heterocycles. The third-order valence-electron chi connectivity index (χ3n) is 7.47. The van der Waals surface area contributed by atoms with Gasteiger partial charge in [0.15, 0.2) is 11.6 Å². The molecule has 2 amide bonds. The molecule has 0 spiro atoms. The lowest BCUT2D eigenvalue weighted by molar-refractivity contribution is -0.137. The second kappa shape index (κ2) is 11.7. The lowest BCUT2D eigenvalue weighted by atomic mass is 10.0. The third kappa shape index (κ3) is 5.82. The van der Waals surface area contributed by atoms with Crippen molar-refractivity contribution in [2.75, 3.05) is 11.9 Å². The minimum Gasteiger partial charge on any atom is -0.385 e. The summed E-state index contributed by atoms with van der Waals surface area (Å²) in [5, 5.41) is 17.8. The zero-order valence-electron chi connectivity index (χ0n) is 24.1. The van der Waals surface area contributed by atoms with Gasteiger partial charge in [-0.3, -0.25) is 19.1 Å². The Hall–Kier alpha value is -4.03. The van der Waals surface area contributed by atoms with Crippen molar-refractivity contribution in [1.29, 1.82) is 0 Å². The molecule has 0 aliphatic carbocycles. The minimum atomic E-state index is -0.783. The van der Waals surface area contributed by atoms with E-state index >= 15 is 0 Å². The lowest BCUT2D eigenvalue weighted by Gasteiger charge is -2.24. The summed E-state index contributed by atoms with van der Waals surface area (Å²) < 4.78 is 2.16. The topological polar surface area (TPSA) is 143 Å². The monoisotopic (exact) mass is 633 g/mol. The van der Waals surface area contributed by atoms with E-state index in [0.717, 1.165) is 22.3 Å². The first-order chi connectivity index (χ1) is 19.9. The molecule has 0 saturated carbocycles. The standard InChI is InChI=1S/C30H32BrN7O4/c1-15-8-23(30(42)35-28-16(2)6-7-24(31)34-28)37(13-15)25(41)14-38-27-17(3)9-20(10-22(27)26(36-38)18(4)39)21-11-32-29(19(5)40)33-12-21/h6-7,9-12,15,19,23,40H,8,13-14H2,1-5H3,(H,34,35,42). The van der Waals surface area contributed by atoms with Crippen LogP contribution in [0.5, 0.6) is 0 Å². The SMILES string of the molecule is CC(=O)c1nn(CC(=O)N2CC(C)CC2C(=O)Nc2nc(Br)ccc2C)c2c(C)cc(-c3cnc(C(C)O)nc3)cc12. The summed E-state index contributed by atoms with van der Waals surface area (Å²) in [5.74, 6) is 0.119. The number of carbonyl (C=O) groups excluding carboxylic acids is 3. The fourth-order valence-electron chi connectivity index (χ4n) is 5.39. The molecule has 0 bridgehead atoms. The Balaban J connectivity index is 1.44. The average molecular weight is 635 g/mol. The zero-order chi connectivity index (χ0) is 30.3. The summed E-state index contributed by atoms with van der Waals surface area (Å²) in [6.07, 6.45) is 3.00. The molecule has 5 rings (SSSR count). The number of aliphatic hydroxyl groups is 1. The molecule has 1 aliphatic heterocycles. The maximum atomic E-state index is 13.7. The predicted molar refractivity (Wildman–Crippen MR) is 161 cm³/mol. The van der Waals surface area contributed by atoms with Crippen LogP contribution in [-0.4, -0.2) is 64.9 Å². The van der Waals surface area contributed by atoms with Crippen LogP contribution in [0.4, 0.5) is 5.82 Å². The number of nitrogens with one attached hydrogen (secondary N) is 1.